The van der Waals surface area contributed by atoms with Crippen molar-refractivity contribution in [3.63, 3.8) is 0 Å². The van der Waals surface area contributed by atoms with Gasteiger partial charge in [-0.25, -0.2) is 0 Å². The number of amidine groups is 1. The van der Waals surface area contributed by atoms with Crippen LogP contribution in [-0.4, -0.2) is 42.1 Å². The zero-order chi connectivity index (χ0) is 14.5. The lowest BCUT2D eigenvalue weighted by molar-refractivity contribution is 0.300. The molecule has 2 rings (SSSR count). The van der Waals surface area contributed by atoms with Crippen LogP contribution in [0, 0.1) is 0 Å². The zero-order valence-electron chi connectivity index (χ0n) is 11.6. The molecule has 1 heterocycles. The average molecular weight is 297 g/mol. The second kappa shape index (κ2) is 6.92. The molecular formula is C14H21ClN4O. The molecule has 1 aromatic rings. The van der Waals surface area contributed by atoms with Gasteiger partial charge in [0.1, 0.15) is 0 Å². The van der Waals surface area contributed by atoms with E-state index in [1.165, 1.54) is 19.4 Å². The highest BCUT2D eigenvalue weighted by Gasteiger charge is 2.19. The van der Waals surface area contributed by atoms with Crippen molar-refractivity contribution in [2.45, 2.75) is 25.4 Å². The van der Waals surface area contributed by atoms with Gasteiger partial charge in [-0.15, -0.1) is 0 Å². The van der Waals surface area contributed by atoms with E-state index in [1.54, 1.807) is 12.1 Å². The van der Waals surface area contributed by atoms with Crippen LogP contribution in [0.4, 0.5) is 0 Å². The van der Waals surface area contributed by atoms with Gasteiger partial charge in [-0.3, -0.25) is 0 Å². The van der Waals surface area contributed by atoms with Gasteiger partial charge >= 0.3 is 0 Å². The van der Waals surface area contributed by atoms with Gasteiger partial charge in [-0.05, 0) is 38.1 Å². The summed E-state index contributed by atoms with van der Waals surface area (Å²) >= 11 is 6.21. The van der Waals surface area contributed by atoms with E-state index in [-0.39, 0.29) is 5.84 Å². The van der Waals surface area contributed by atoms with Crippen LogP contribution < -0.4 is 11.1 Å². The number of hydrogen-bond acceptors (Lipinski definition) is 4. The molecule has 4 N–H and O–H groups in total. The van der Waals surface area contributed by atoms with Crippen LogP contribution >= 0.6 is 11.6 Å². The third-order valence-electron chi connectivity index (χ3n) is 3.82. The van der Waals surface area contributed by atoms with Crippen molar-refractivity contribution in [1.29, 1.82) is 0 Å². The smallest absolute Gasteiger partial charge is 0.170 e. The van der Waals surface area contributed by atoms with Crippen LogP contribution in [0.1, 0.15) is 24.0 Å². The topological polar surface area (TPSA) is 73.9 Å². The summed E-state index contributed by atoms with van der Waals surface area (Å²) in [6.45, 7) is 2.87. The van der Waals surface area contributed by atoms with Crippen molar-refractivity contribution in [3.05, 3.63) is 34.3 Å². The lowest BCUT2D eigenvalue weighted by Crippen LogP contribution is -2.35. The molecule has 0 amide bonds. The Morgan fingerprint density at radius 1 is 1.60 bits per heavy atom. The quantitative estimate of drug-likeness (QED) is 0.334. The minimum atomic E-state index is 0.0685. The van der Waals surface area contributed by atoms with Gasteiger partial charge in [0.05, 0.1) is 0 Å². The van der Waals surface area contributed by atoms with Gasteiger partial charge < -0.3 is 21.2 Å². The highest BCUT2D eigenvalue weighted by Crippen LogP contribution is 2.18. The van der Waals surface area contributed by atoms with Crippen LogP contribution in [0.5, 0.6) is 0 Å². The number of oxime groups is 1. The molecule has 1 unspecified atom stereocenters. The minimum absolute atomic E-state index is 0.0685. The molecule has 6 heteroatoms. The molecule has 1 fully saturated rings. The van der Waals surface area contributed by atoms with Crippen LogP contribution in [0.25, 0.3) is 0 Å². The number of rotatable bonds is 5. The number of nitrogens with one attached hydrogen (secondary N) is 1. The van der Waals surface area contributed by atoms with E-state index in [9.17, 15) is 0 Å². The first-order valence-corrected chi connectivity index (χ1v) is 7.17. The maximum Gasteiger partial charge on any atom is 0.170 e. The largest absolute Gasteiger partial charge is 0.409 e. The monoisotopic (exact) mass is 296 g/mol. The summed E-state index contributed by atoms with van der Waals surface area (Å²) in [6.07, 6.45) is 2.53. The molecule has 1 atom stereocenters. The Kier molecular flexibility index (Phi) is 5.23. The third kappa shape index (κ3) is 3.62. The van der Waals surface area contributed by atoms with Crippen molar-refractivity contribution >= 4 is 17.4 Å². The second-order valence-corrected chi connectivity index (χ2v) is 5.61. The maximum absolute atomic E-state index is 8.64. The Labute approximate surface area is 124 Å². The Hall–Kier alpha value is -1.30. The fourth-order valence-corrected chi connectivity index (χ4v) is 2.77. The Bertz CT molecular complexity index is 492. The van der Waals surface area contributed by atoms with E-state index in [1.807, 2.05) is 6.07 Å². The fourth-order valence-electron chi connectivity index (χ4n) is 2.52. The molecule has 110 valence electrons. The Morgan fingerprint density at radius 2 is 2.40 bits per heavy atom. The predicted molar refractivity (Wildman–Crippen MR) is 81.3 cm³/mol. The van der Waals surface area contributed by atoms with Crippen molar-refractivity contribution in [2.75, 3.05) is 20.1 Å². The van der Waals surface area contributed by atoms with Crippen molar-refractivity contribution in [2.24, 2.45) is 10.9 Å². The van der Waals surface area contributed by atoms with Gasteiger partial charge in [0.15, 0.2) is 5.84 Å². The van der Waals surface area contributed by atoms with E-state index in [4.69, 9.17) is 22.5 Å². The Morgan fingerprint density at radius 3 is 3.00 bits per heavy atom. The number of halogens is 1. The number of benzene rings is 1. The second-order valence-electron chi connectivity index (χ2n) is 5.20. The average Bonchev–Trinajstić information content (AvgIpc) is 2.85. The highest BCUT2D eigenvalue weighted by atomic mass is 35.5. The van der Waals surface area contributed by atoms with Crippen molar-refractivity contribution < 1.29 is 5.21 Å². The summed E-state index contributed by atoms with van der Waals surface area (Å²) in [7, 11) is 2.16. The number of nitrogens with zero attached hydrogens (tertiary/aromatic N) is 2. The molecule has 1 aliphatic heterocycles. The van der Waals surface area contributed by atoms with Crippen LogP contribution in [0.3, 0.4) is 0 Å². The summed E-state index contributed by atoms with van der Waals surface area (Å²) in [6, 6.07) is 6.04. The predicted octanol–water partition coefficient (Wildman–Crippen LogP) is 1.62. The molecule has 0 radical (unpaired) electrons. The SMILES string of the molecule is CN1CCCC1CNCc1ccc(/C(N)=N/O)cc1Cl. The number of nitrogens with two attached hydrogens (primary N) is 1. The minimum Gasteiger partial charge on any atom is -0.409 e. The van der Waals surface area contributed by atoms with Crippen molar-refractivity contribution in [3.8, 4) is 0 Å². The molecule has 0 spiro atoms. The van der Waals surface area contributed by atoms with Gasteiger partial charge in [-0.1, -0.05) is 28.9 Å². The molecule has 1 saturated heterocycles. The van der Waals surface area contributed by atoms with Crippen molar-refractivity contribution in [1.82, 2.24) is 10.2 Å². The lowest BCUT2D eigenvalue weighted by atomic mass is 10.1. The molecule has 0 saturated carbocycles. The number of likely N-dealkylation sites (tertiary alicyclic amines) is 1. The van der Waals surface area contributed by atoms with Gasteiger partial charge in [-0.2, -0.15) is 0 Å². The maximum atomic E-state index is 8.64. The molecule has 0 aromatic heterocycles. The van der Waals surface area contributed by atoms with Crippen LogP contribution in [0.15, 0.2) is 23.4 Å². The summed E-state index contributed by atoms with van der Waals surface area (Å²) in [5.41, 5.74) is 7.17. The summed E-state index contributed by atoms with van der Waals surface area (Å²) in [5, 5.41) is 15.7. The van der Waals surface area contributed by atoms with E-state index in [0.717, 1.165) is 18.7 Å². The number of hydrogen-bond donors (Lipinski definition) is 3. The molecule has 1 aromatic carbocycles. The molecular weight excluding hydrogens is 276 g/mol. The first kappa shape index (κ1) is 15.1. The highest BCUT2D eigenvalue weighted by molar-refractivity contribution is 6.31. The standard InChI is InChI=1S/C14H21ClN4O/c1-19-6-2-3-12(19)9-17-8-11-5-4-10(7-13(11)15)14(16)18-20/h4-5,7,12,17,20H,2-3,6,8-9H2,1H3,(H2,16,18). The van der Waals surface area contributed by atoms with E-state index < -0.39 is 0 Å². The molecule has 5 nitrogen and oxygen atoms in total. The normalized spacial score (nSPS) is 20.5. The van der Waals surface area contributed by atoms with Gasteiger partial charge in [0, 0.05) is 29.7 Å². The first-order chi connectivity index (χ1) is 9.61. The third-order valence-corrected chi connectivity index (χ3v) is 4.18. The zero-order valence-corrected chi connectivity index (χ0v) is 12.4. The van der Waals surface area contributed by atoms with Crippen LogP contribution in [-0.2, 0) is 6.54 Å². The van der Waals surface area contributed by atoms with E-state index in [0.29, 0.717) is 16.6 Å². The number of likely N-dealkylation sites (N-methyl/N-ethyl adjacent to an activating group) is 1. The first-order valence-electron chi connectivity index (χ1n) is 6.79. The lowest BCUT2D eigenvalue weighted by Gasteiger charge is -2.20. The molecule has 1 aliphatic rings. The van der Waals surface area contributed by atoms with Crippen LogP contribution in [0.2, 0.25) is 5.02 Å². The summed E-state index contributed by atoms with van der Waals surface area (Å²) in [5.74, 6) is 0.0685. The van der Waals surface area contributed by atoms with Gasteiger partial charge in [0.2, 0.25) is 0 Å². The fraction of sp³-hybridized carbons (Fsp3) is 0.500. The summed E-state index contributed by atoms with van der Waals surface area (Å²) < 4.78 is 0. The van der Waals surface area contributed by atoms with Gasteiger partial charge in [0.25, 0.3) is 0 Å². The molecule has 0 bridgehead atoms. The summed E-state index contributed by atoms with van der Waals surface area (Å²) in [4.78, 5) is 2.39. The van der Waals surface area contributed by atoms with E-state index >= 15 is 0 Å². The Balaban J connectivity index is 1.90. The van der Waals surface area contributed by atoms with E-state index in [2.05, 4.69) is 22.4 Å². The molecule has 0 aliphatic carbocycles. The molecule has 20 heavy (non-hydrogen) atoms.